The van der Waals surface area contributed by atoms with Crippen LogP contribution in [0.4, 0.5) is 0 Å². The lowest BCUT2D eigenvalue weighted by molar-refractivity contribution is 0.597. The summed E-state index contributed by atoms with van der Waals surface area (Å²) in [6.07, 6.45) is 0. The standard InChI is InChI=1S/C18H24N4O2S/c1-3-20-18(22-13-16-9-5-4-7-14(16)2)21-12-15-8-6-10-17(11-15)25(19,23)24/h4-11H,3,12-13H2,1-2H3,(H2,19,23,24)(H2,20,21,22). The molecule has 0 aromatic heterocycles. The van der Waals surface area contributed by atoms with Crippen LogP contribution >= 0.6 is 0 Å². The van der Waals surface area contributed by atoms with E-state index in [1.807, 2.05) is 25.1 Å². The predicted octanol–water partition coefficient (Wildman–Crippen LogP) is 1.90. The molecule has 0 radical (unpaired) electrons. The van der Waals surface area contributed by atoms with Gasteiger partial charge in [-0.2, -0.15) is 0 Å². The molecule has 0 aliphatic rings. The van der Waals surface area contributed by atoms with Gasteiger partial charge in [0.1, 0.15) is 0 Å². The zero-order valence-electron chi connectivity index (χ0n) is 14.5. The Bertz CT molecular complexity index is 848. The van der Waals surface area contributed by atoms with Crippen LogP contribution in [0.3, 0.4) is 0 Å². The zero-order chi connectivity index (χ0) is 18.3. The highest BCUT2D eigenvalue weighted by atomic mass is 32.2. The number of hydrogen-bond acceptors (Lipinski definition) is 3. The van der Waals surface area contributed by atoms with Crippen molar-refractivity contribution >= 4 is 16.0 Å². The van der Waals surface area contributed by atoms with Crippen molar-refractivity contribution in [2.75, 3.05) is 6.54 Å². The molecule has 2 rings (SSSR count). The SMILES string of the molecule is CCNC(=NCc1cccc(S(N)(=O)=O)c1)NCc1ccccc1C. The van der Waals surface area contributed by atoms with E-state index in [1.165, 1.54) is 17.2 Å². The maximum absolute atomic E-state index is 11.4. The lowest BCUT2D eigenvalue weighted by Crippen LogP contribution is -2.36. The molecule has 0 unspecified atom stereocenters. The molecule has 0 amide bonds. The van der Waals surface area contributed by atoms with Gasteiger partial charge in [-0.3, -0.25) is 0 Å². The van der Waals surface area contributed by atoms with Gasteiger partial charge in [-0.1, -0.05) is 36.4 Å². The summed E-state index contributed by atoms with van der Waals surface area (Å²) in [5, 5.41) is 11.6. The smallest absolute Gasteiger partial charge is 0.238 e. The number of guanidine groups is 1. The number of primary sulfonamides is 1. The minimum atomic E-state index is -3.70. The van der Waals surface area contributed by atoms with Crippen molar-refractivity contribution in [3.63, 3.8) is 0 Å². The van der Waals surface area contributed by atoms with E-state index in [0.717, 1.165) is 12.1 Å². The molecule has 7 heteroatoms. The highest BCUT2D eigenvalue weighted by Gasteiger charge is 2.08. The Morgan fingerprint density at radius 1 is 1.12 bits per heavy atom. The minimum Gasteiger partial charge on any atom is -0.357 e. The van der Waals surface area contributed by atoms with Crippen molar-refractivity contribution in [1.82, 2.24) is 10.6 Å². The molecule has 0 heterocycles. The summed E-state index contributed by atoms with van der Waals surface area (Å²) in [5.41, 5.74) is 3.19. The highest BCUT2D eigenvalue weighted by Crippen LogP contribution is 2.11. The fraction of sp³-hybridized carbons (Fsp3) is 0.278. The van der Waals surface area contributed by atoms with E-state index in [-0.39, 0.29) is 4.90 Å². The van der Waals surface area contributed by atoms with E-state index in [9.17, 15) is 8.42 Å². The van der Waals surface area contributed by atoms with Gasteiger partial charge in [0.2, 0.25) is 10.0 Å². The molecule has 0 aliphatic carbocycles. The molecule has 6 nitrogen and oxygen atoms in total. The van der Waals surface area contributed by atoms with E-state index in [2.05, 4.69) is 34.7 Å². The molecule has 0 aliphatic heterocycles. The topological polar surface area (TPSA) is 96.6 Å². The van der Waals surface area contributed by atoms with Gasteiger partial charge >= 0.3 is 0 Å². The number of benzene rings is 2. The van der Waals surface area contributed by atoms with E-state index in [1.54, 1.807) is 12.1 Å². The molecule has 25 heavy (non-hydrogen) atoms. The Hall–Kier alpha value is -2.38. The van der Waals surface area contributed by atoms with Crippen LogP contribution in [-0.4, -0.2) is 20.9 Å². The van der Waals surface area contributed by atoms with Crippen molar-refractivity contribution in [3.8, 4) is 0 Å². The summed E-state index contributed by atoms with van der Waals surface area (Å²) in [4.78, 5) is 4.61. The fourth-order valence-electron chi connectivity index (χ4n) is 2.32. The first-order chi connectivity index (χ1) is 11.9. The Morgan fingerprint density at radius 2 is 1.88 bits per heavy atom. The first-order valence-corrected chi connectivity index (χ1v) is 9.63. The maximum Gasteiger partial charge on any atom is 0.238 e. The van der Waals surface area contributed by atoms with Crippen LogP contribution in [0.25, 0.3) is 0 Å². The Kier molecular flexibility index (Phi) is 6.55. The van der Waals surface area contributed by atoms with Crippen LogP contribution < -0.4 is 15.8 Å². The number of nitrogens with two attached hydrogens (primary N) is 1. The van der Waals surface area contributed by atoms with Gasteiger partial charge in [0.05, 0.1) is 11.4 Å². The van der Waals surface area contributed by atoms with Gasteiger partial charge in [-0.25, -0.2) is 18.5 Å². The molecule has 0 spiro atoms. The quantitative estimate of drug-likeness (QED) is 0.541. The molecular formula is C18H24N4O2S. The Labute approximate surface area is 149 Å². The van der Waals surface area contributed by atoms with E-state index < -0.39 is 10.0 Å². The zero-order valence-corrected chi connectivity index (χ0v) is 15.3. The summed E-state index contributed by atoms with van der Waals surface area (Å²) in [7, 11) is -3.70. The lowest BCUT2D eigenvalue weighted by atomic mass is 10.1. The third-order valence-electron chi connectivity index (χ3n) is 3.70. The van der Waals surface area contributed by atoms with Crippen LogP contribution in [-0.2, 0) is 23.1 Å². The normalized spacial score (nSPS) is 12.0. The summed E-state index contributed by atoms with van der Waals surface area (Å²) in [6.45, 7) is 5.81. The van der Waals surface area contributed by atoms with Crippen LogP contribution in [0.5, 0.6) is 0 Å². The van der Waals surface area contributed by atoms with Crippen molar-refractivity contribution in [2.45, 2.75) is 31.8 Å². The molecule has 4 N–H and O–H groups in total. The molecule has 2 aromatic rings. The average Bonchev–Trinajstić information content (AvgIpc) is 2.58. The van der Waals surface area contributed by atoms with Crippen LogP contribution in [0, 0.1) is 6.92 Å². The van der Waals surface area contributed by atoms with Gasteiger partial charge in [0.15, 0.2) is 5.96 Å². The monoisotopic (exact) mass is 360 g/mol. The van der Waals surface area contributed by atoms with Gasteiger partial charge in [-0.05, 0) is 42.7 Å². The summed E-state index contributed by atoms with van der Waals surface area (Å²) < 4.78 is 22.9. The van der Waals surface area contributed by atoms with E-state index in [4.69, 9.17) is 5.14 Å². The average molecular weight is 360 g/mol. The van der Waals surface area contributed by atoms with E-state index in [0.29, 0.717) is 19.0 Å². The third kappa shape index (κ3) is 5.88. The van der Waals surface area contributed by atoms with Crippen LogP contribution in [0.15, 0.2) is 58.4 Å². The number of aryl methyl sites for hydroxylation is 1. The number of nitrogens with one attached hydrogen (secondary N) is 2. The highest BCUT2D eigenvalue weighted by molar-refractivity contribution is 7.89. The number of sulfonamides is 1. The second-order valence-corrected chi connectivity index (χ2v) is 7.23. The number of nitrogens with zero attached hydrogens (tertiary/aromatic N) is 1. The molecule has 0 atom stereocenters. The van der Waals surface area contributed by atoms with Crippen molar-refractivity contribution in [3.05, 3.63) is 65.2 Å². The van der Waals surface area contributed by atoms with Gasteiger partial charge in [-0.15, -0.1) is 0 Å². The Morgan fingerprint density at radius 3 is 2.56 bits per heavy atom. The summed E-state index contributed by atoms with van der Waals surface area (Å²) in [6, 6.07) is 14.7. The largest absolute Gasteiger partial charge is 0.357 e. The molecule has 2 aromatic carbocycles. The fourth-order valence-corrected chi connectivity index (χ4v) is 2.90. The third-order valence-corrected chi connectivity index (χ3v) is 4.61. The van der Waals surface area contributed by atoms with Gasteiger partial charge in [0.25, 0.3) is 0 Å². The van der Waals surface area contributed by atoms with Crippen molar-refractivity contribution in [2.24, 2.45) is 10.1 Å². The molecule has 134 valence electrons. The number of aliphatic imine (C=N–C) groups is 1. The number of hydrogen-bond donors (Lipinski definition) is 3. The molecule has 0 fully saturated rings. The summed E-state index contributed by atoms with van der Waals surface area (Å²) in [5.74, 6) is 0.673. The first-order valence-electron chi connectivity index (χ1n) is 8.08. The second kappa shape index (κ2) is 8.64. The maximum atomic E-state index is 11.4. The lowest BCUT2D eigenvalue weighted by Gasteiger charge is -2.13. The number of rotatable bonds is 6. The minimum absolute atomic E-state index is 0.0954. The van der Waals surface area contributed by atoms with Gasteiger partial charge < -0.3 is 10.6 Å². The van der Waals surface area contributed by atoms with Crippen molar-refractivity contribution in [1.29, 1.82) is 0 Å². The molecular weight excluding hydrogens is 336 g/mol. The molecule has 0 saturated heterocycles. The first kappa shape index (κ1) is 19.0. The van der Waals surface area contributed by atoms with E-state index >= 15 is 0 Å². The molecule has 0 bridgehead atoms. The summed E-state index contributed by atoms with van der Waals surface area (Å²) >= 11 is 0. The Balaban J connectivity index is 2.08. The van der Waals surface area contributed by atoms with Crippen LogP contribution in [0.1, 0.15) is 23.6 Å². The second-order valence-electron chi connectivity index (χ2n) is 5.67. The van der Waals surface area contributed by atoms with Gasteiger partial charge in [0, 0.05) is 13.1 Å². The van der Waals surface area contributed by atoms with Crippen LogP contribution in [0.2, 0.25) is 0 Å². The molecule has 0 saturated carbocycles. The predicted molar refractivity (Wildman–Crippen MR) is 101 cm³/mol. The van der Waals surface area contributed by atoms with Crippen molar-refractivity contribution < 1.29 is 8.42 Å².